The van der Waals surface area contributed by atoms with Crippen LogP contribution in [0.1, 0.15) is 31.4 Å². The highest BCUT2D eigenvalue weighted by Gasteiger charge is 2.29. The van der Waals surface area contributed by atoms with Gasteiger partial charge in [0.25, 0.3) is 5.91 Å². The Labute approximate surface area is 119 Å². The van der Waals surface area contributed by atoms with Crippen molar-refractivity contribution in [1.29, 1.82) is 0 Å². The average molecular weight is 274 g/mol. The zero-order valence-corrected chi connectivity index (χ0v) is 12.1. The summed E-state index contributed by atoms with van der Waals surface area (Å²) in [5, 5.41) is 3.49. The van der Waals surface area contributed by atoms with Gasteiger partial charge in [-0.1, -0.05) is 38.1 Å². The van der Waals surface area contributed by atoms with E-state index in [4.69, 9.17) is 12.2 Å². The van der Waals surface area contributed by atoms with Gasteiger partial charge >= 0.3 is 0 Å². The lowest BCUT2D eigenvalue weighted by Gasteiger charge is -2.11. The zero-order chi connectivity index (χ0) is 13.8. The summed E-state index contributed by atoms with van der Waals surface area (Å²) in [6.45, 7) is 4.81. The van der Waals surface area contributed by atoms with Gasteiger partial charge in [0.2, 0.25) is 0 Å². The van der Waals surface area contributed by atoms with Crippen molar-refractivity contribution in [2.75, 3.05) is 6.54 Å². The molecule has 100 valence electrons. The molecule has 0 atom stereocenters. The Kier molecular flexibility index (Phi) is 4.32. The van der Waals surface area contributed by atoms with Crippen LogP contribution in [0, 0.1) is 0 Å². The first-order chi connectivity index (χ1) is 9.15. The summed E-state index contributed by atoms with van der Waals surface area (Å²) in [5.74, 6) is -0.0357. The molecule has 1 aliphatic heterocycles. The molecule has 1 N–H and O–H groups in total. The van der Waals surface area contributed by atoms with Gasteiger partial charge in [0.15, 0.2) is 5.11 Å². The molecule has 1 aliphatic rings. The minimum absolute atomic E-state index is 0.0357. The average Bonchev–Trinajstić information content (AvgIpc) is 2.68. The van der Waals surface area contributed by atoms with Crippen molar-refractivity contribution in [3.05, 3.63) is 41.1 Å². The Morgan fingerprint density at radius 3 is 2.53 bits per heavy atom. The van der Waals surface area contributed by atoms with Crippen molar-refractivity contribution < 1.29 is 4.79 Å². The van der Waals surface area contributed by atoms with Crippen molar-refractivity contribution in [3.8, 4) is 0 Å². The fraction of sp³-hybridized carbons (Fsp3) is 0.333. The van der Waals surface area contributed by atoms with E-state index < -0.39 is 0 Å². The maximum absolute atomic E-state index is 12.1. The molecule has 0 radical (unpaired) electrons. The molecular weight excluding hydrogens is 256 g/mol. The number of nitrogens with zero attached hydrogens (tertiary/aromatic N) is 1. The molecule has 4 heteroatoms. The van der Waals surface area contributed by atoms with Gasteiger partial charge in [-0.25, -0.2) is 0 Å². The van der Waals surface area contributed by atoms with Gasteiger partial charge in [0, 0.05) is 6.54 Å². The van der Waals surface area contributed by atoms with Gasteiger partial charge in [-0.05, 0) is 42.3 Å². The summed E-state index contributed by atoms with van der Waals surface area (Å²) >= 11 is 5.17. The number of thiocarbonyl (C=S) groups is 1. The maximum Gasteiger partial charge on any atom is 0.276 e. The van der Waals surface area contributed by atoms with E-state index in [1.54, 1.807) is 4.90 Å². The van der Waals surface area contributed by atoms with Gasteiger partial charge in [0.05, 0.1) is 0 Å². The van der Waals surface area contributed by atoms with Crippen molar-refractivity contribution in [1.82, 2.24) is 10.2 Å². The minimum atomic E-state index is -0.0357. The first-order valence-electron chi connectivity index (χ1n) is 6.59. The highest BCUT2D eigenvalue weighted by Crippen LogP contribution is 2.15. The predicted molar refractivity (Wildman–Crippen MR) is 81.5 cm³/mol. The van der Waals surface area contributed by atoms with Gasteiger partial charge in [-0.3, -0.25) is 9.69 Å². The number of aryl methyl sites for hydroxylation is 1. The number of carbonyl (C=O) groups excluding carboxylic acids is 1. The highest BCUT2D eigenvalue weighted by atomic mass is 32.1. The maximum atomic E-state index is 12.1. The fourth-order valence-corrected chi connectivity index (χ4v) is 2.30. The second-order valence-electron chi connectivity index (χ2n) is 4.54. The quantitative estimate of drug-likeness (QED) is 0.677. The molecule has 0 spiro atoms. The molecule has 1 saturated heterocycles. The summed E-state index contributed by atoms with van der Waals surface area (Å²) in [4.78, 5) is 13.8. The van der Waals surface area contributed by atoms with Crippen LogP contribution >= 0.6 is 12.2 Å². The largest absolute Gasteiger partial charge is 0.328 e. The fourth-order valence-electron chi connectivity index (χ4n) is 2.01. The van der Waals surface area contributed by atoms with E-state index in [0.717, 1.165) is 18.4 Å². The zero-order valence-electron chi connectivity index (χ0n) is 11.3. The molecule has 1 aromatic carbocycles. The number of rotatable bonds is 4. The van der Waals surface area contributed by atoms with Crippen molar-refractivity contribution >= 4 is 29.3 Å². The van der Waals surface area contributed by atoms with Crippen LogP contribution in [-0.2, 0) is 11.2 Å². The van der Waals surface area contributed by atoms with E-state index >= 15 is 0 Å². The molecule has 0 bridgehead atoms. The predicted octanol–water partition coefficient (Wildman–Crippen LogP) is 2.72. The van der Waals surface area contributed by atoms with Crippen LogP contribution in [0.4, 0.5) is 0 Å². The molecule has 1 amide bonds. The number of hydrogen-bond acceptors (Lipinski definition) is 2. The van der Waals surface area contributed by atoms with Crippen LogP contribution in [0.5, 0.6) is 0 Å². The van der Waals surface area contributed by atoms with Gasteiger partial charge in [-0.15, -0.1) is 0 Å². The number of amides is 1. The molecule has 0 aliphatic carbocycles. The number of benzene rings is 1. The van der Waals surface area contributed by atoms with Gasteiger partial charge < -0.3 is 5.32 Å². The minimum Gasteiger partial charge on any atom is -0.328 e. The Hall–Kier alpha value is -1.68. The van der Waals surface area contributed by atoms with Crippen LogP contribution in [-0.4, -0.2) is 22.5 Å². The smallest absolute Gasteiger partial charge is 0.276 e. The summed E-state index contributed by atoms with van der Waals surface area (Å²) in [6.07, 6.45) is 3.76. The molecule has 1 fully saturated rings. The molecule has 3 nitrogen and oxygen atoms in total. The Bertz CT molecular complexity index is 519. The first-order valence-corrected chi connectivity index (χ1v) is 7.00. The third kappa shape index (κ3) is 3.01. The highest BCUT2D eigenvalue weighted by molar-refractivity contribution is 7.80. The number of carbonyl (C=O) groups is 1. The van der Waals surface area contributed by atoms with Crippen LogP contribution in [0.3, 0.4) is 0 Å². The topological polar surface area (TPSA) is 32.3 Å². The molecule has 19 heavy (non-hydrogen) atoms. The Morgan fingerprint density at radius 1 is 1.26 bits per heavy atom. The Balaban J connectivity index is 2.19. The first kappa shape index (κ1) is 13.7. The van der Waals surface area contributed by atoms with E-state index in [1.807, 2.05) is 25.1 Å². The van der Waals surface area contributed by atoms with Gasteiger partial charge in [-0.2, -0.15) is 0 Å². The van der Waals surface area contributed by atoms with Crippen molar-refractivity contribution in [2.24, 2.45) is 0 Å². The third-order valence-electron chi connectivity index (χ3n) is 3.11. The lowest BCUT2D eigenvalue weighted by molar-refractivity contribution is -0.122. The van der Waals surface area contributed by atoms with E-state index in [9.17, 15) is 4.79 Å². The second-order valence-corrected chi connectivity index (χ2v) is 4.93. The standard InChI is InChI=1S/C15H18N2OS/c1-3-9-17-14(18)13(16-15(17)19)10-12-7-5-11(4-2)6-8-12/h5-8,10H,3-4,9H2,1-2H3,(H,16,19)/b13-10-. The van der Waals surface area contributed by atoms with Crippen LogP contribution in [0.2, 0.25) is 0 Å². The van der Waals surface area contributed by atoms with E-state index in [2.05, 4.69) is 24.4 Å². The lowest BCUT2D eigenvalue weighted by atomic mass is 10.1. The van der Waals surface area contributed by atoms with Crippen LogP contribution in [0.15, 0.2) is 30.0 Å². The summed E-state index contributed by atoms with van der Waals surface area (Å²) in [7, 11) is 0. The Morgan fingerprint density at radius 2 is 1.95 bits per heavy atom. The number of hydrogen-bond donors (Lipinski definition) is 1. The van der Waals surface area contributed by atoms with Gasteiger partial charge in [0.1, 0.15) is 5.70 Å². The summed E-state index contributed by atoms with van der Waals surface area (Å²) in [5.41, 5.74) is 2.85. The van der Waals surface area contributed by atoms with Crippen LogP contribution in [0.25, 0.3) is 6.08 Å². The van der Waals surface area contributed by atoms with E-state index in [-0.39, 0.29) is 5.91 Å². The third-order valence-corrected chi connectivity index (χ3v) is 3.43. The molecule has 1 heterocycles. The van der Waals surface area contributed by atoms with E-state index in [1.165, 1.54) is 5.56 Å². The molecule has 2 rings (SSSR count). The number of nitrogens with one attached hydrogen (secondary N) is 1. The summed E-state index contributed by atoms with van der Waals surface area (Å²) < 4.78 is 0. The second kappa shape index (κ2) is 5.97. The van der Waals surface area contributed by atoms with Crippen molar-refractivity contribution in [3.63, 3.8) is 0 Å². The normalized spacial score (nSPS) is 17.2. The van der Waals surface area contributed by atoms with Crippen LogP contribution < -0.4 is 5.32 Å². The molecular formula is C15H18N2OS. The summed E-state index contributed by atoms with van der Waals surface area (Å²) in [6, 6.07) is 8.19. The molecule has 0 saturated carbocycles. The lowest BCUT2D eigenvalue weighted by Crippen LogP contribution is -2.31. The molecule has 0 unspecified atom stereocenters. The molecule has 0 aromatic heterocycles. The SMILES string of the molecule is CCCN1C(=O)/C(=C/c2ccc(CC)cc2)NC1=S. The van der Waals surface area contributed by atoms with Crippen molar-refractivity contribution in [2.45, 2.75) is 26.7 Å². The monoisotopic (exact) mass is 274 g/mol. The van der Waals surface area contributed by atoms with E-state index in [0.29, 0.717) is 17.4 Å². The molecule has 1 aromatic rings.